The van der Waals surface area contributed by atoms with E-state index in [-0.39, 0.29) is 6.03 Å². The van der Waals surface area contributed by atoms with Crippen molar-refractivity contribution < 1.29 is 9.28 Å². The Hall–Kier alpha value is -0.570. The van der Waals surface area contributed by atoms with Gasteiger partial charge in [0.05, 0.1) is 20.1 Å². The second-order valence-electron chi connectivity index (χ2n) is 2.89. The molecule has 0 bridgehead atoms. The summed E-state index contributed by atoms with van der Waals surface area (Å²) in [6.45, 7) is 1.85. The summed E-state index contributed by atoms with van der Waals surface area (Å²) in [6.07, 6.45) is 2.28. The number of hydrogen-bond donors (Lipinski definition) is 1. The molecule has 1 aliphatic heterocycles. The molecule has 0 saturated carbocycles. The molecule has 9 heavy (non-hydrogen) atoms. The van der Waals surface area contributed by atoms with Crippen LogP contribution in [-0.4, -0.2) is 30.7 Å². The number of hydrogen-bond acceptors (Lipinski definition) is 1. The topological polar surface area (TPSA) is 43.1 Å². The van der Waals surface area contributed by atoms with Crippen molar-refractivity contribution in [3.05, 3.63) is 0 Å². The van der Waals surface area contributed by atoms with Gasteiger partial charge in [0, 0.05) is 12.8 Å². The molecule has 1 fully saturated rings. The molecule has 1 aliphatic rings. The lowest BCUT2D eigenvalue weighted by atomic mass is 10.4. The van der Waals surface area contributed by atoms with Gasteiger partial charge >= 0.3 is 6.03 Å². The molecule has 52 valence electrons. The van der Waals surface area contributed by atoms with Crippen LogP contribution in [0.5, 0.6) is 0 Å². The summed E-state index contributed by atoms with van der Waals surface area (Å²) in [6, 6.07) is -0.187. The average molecular weight is 129 g/mol. The molecule has 0 aromatic rings. The SMILES string of the molecule is C[N+]1(C(N)=O)CCCC1. The van der Waals surface area contributed by atoms with Crippen molar-refractivity contribution in [3.63, 3.8) is 0 Å². The highest BCUT2D eigenvalue weighted by atomic mass is 16.2. The summed E-state index contributed by atoms with van der Waals surface area (Å²) in [7, 11) is 1.90. The lowest BCUT2D eigenvalue weighted by molar-refractivity contribution is -0.815. The Morgan fingerprint density at radius 1 is 1.44 bits per heavy atom. The second kappa shape index (κ2) is 1.99. The summed E-state index contributed by atoms with van der Waals surface area (Å²) in [4.78, 5) is 10.7. The minimum atomic E-state index is -0.187. The van der Waals surface area contributed by atoms with Crippen LogP contribution < -0.4 is 5.73 Å². The molecule has 0 radical (unpaired) electrons. The number of nitrogens with zero attached hydrogens (tertiary/aromatic N) is 1. The maximum atomic E-state index is 10.7. The Morgan fingerprint density at radius 3 is 2.11 bits per heavy atom. The summed E-state index contributed by atoms with van der Waals surface area (Å²) < 4.78 is 0.444. The van der Waals surface area contributed by atoms with Crippen molar-refractivity contribution in [1.82, 2.24) is 0 Å². The zero-order chi connectivity index (χ0) is 6.91. The third-order valence-corrected chi connectivity index (χ3v) is 2.09. The van der Waals surface area contributed by atoms with Crippen molar-refractivity contribution in [2.75, 3.05) is 20.1 Å². The number of nitrogens with two attached hydrogens (primary N) is 1. The van der Waals surface area contributed by atoms with Gasteiger partial charge in [0.25, 0.3) is 0 Å². The monoisotopic (exact) mass is 129 g/mol. The van der Waals surface area contributed by atoms with Crippen LogP contribution in [-0.2, 0) is 0 Å². The quantitative estimate of drug-likeness (QED) is 0.470. The van der Waals surface area contributed by atoms with Gasteiger partial charge in [0.15, 0.2) is 0 Å². The van der Waals surface area contributed by atoms with Crippen LogP contribution in [0.1, 0.15) is 12.8 Å². The first kappa shape index (κ1) is 6.55. The van der Waals surface area contributed by atoms with Crippen LogP contribution in [0.3, 0.4) is 0 Å². The fourth-order valence-electron chi connectivity index (χ4n) is 1.25. The third kappa shape index (κ3) is 1.05. The fraction of sp³-hybridized carbons (Fsp3) is 0.833. The van der Waals surface area contributed by atoms with Crippen molar-refractivity contribution in [2.24, 2.45) is 5.73 Å². The first-order valence-electron chi connectivity index (χ1n) is 3.30. The van der Waals surface area contributed by atoms with Crippen molar-refractivity contribution in [3.8, 4) is 0 Å². The molecule has 0 aliphatic carbocycles. The number of amides is 2. The smallest absolute Gasteiger partial charge is 0.319 e. The van der Waals surface area contributed by atoms with E-state index in [0.29, 0.717) is 4.48 Å². The van der Waals surface area contributed by atoms with Gasteiger partial charge in [-0.1, -0.05) is 0 Å². The number of carbonyl (C=O) groups excluding carboxylic acids is 1. The first-order chi connectivity index (χ1) is 4.15. The van der Waals surface area contributed by atoms with Gasteiger partial charge < -0.3 is 5.73 Å². The summed E-state index contributed by atoms with van der Waals surface area (Å²) >= 11 is 0. The summed E-state index contributed by atoms with van der Waals surface area (Å²) in [5, 5.41) is 0. The number of primary amides is 1. The van der Waals surface area contributed by atoms with Crippen LogP contribution in [0, 0.1) is 0 Å². The maximum absolute atomic E-state index is 10.7. The minimum Gasteiger partial charge on any atom is -0.319 e. The highest BCUT2D eigenvalue weighted by Crippen LogP contribution is 2.14. The number of likely N-dealkylation sites (tertiary alicyclic amines) is 1. The molecule has 0 atom stereocenters. The normalized spacial score (nSPS) is 24.1. The molecule has 0 aromatic heterocycles. The van der Waals surface area contributed by atoms with E-state index in [2.05, 4.69) is 0 Å². The Kier molecular flexibility index (Phi) is 1.45. The number of carbonyl (C=O) groups is 1. The molecule has 0 aromatic carbocycles. The zero-order valence-electron chi connectivity index (χ0n) is 5.76. The molecule has 2 N–H and O–H groups in total. The molecule has 3 nitrogen and oxygen atoms in total. The Bertz CT molecular complexity index is 127. The molecular formula is C6H13N2O+. The van der Waals surface area contributed by atoms with E-state index in [1.807, 2.05) is 7.05 Å². The van der Waals surface area contributed by atoms with Gasteiger partial charge in [0.1, 0.15) is 0 Å². The van der Waals surface area contributed by atoms with E-state index in [0.717, 1.165) is 25.9 Å². The van der Waals surface area contributed by atoms with Crippen molar-refractivity contribution in [1.29, 1.82) is 0 Å². The van der Waals surface area contributed by atoms with Crippen molar-refractivity contribution >= 4 is 6.03 Å². The van der Waals surface area contributed by atoms with E-state index >= 15 is 0 Å². The number of urea groups is 1. The first-order valence-corrected chi connectivity index (χ1v) is 3.30. The fourth-order valence-corrected chi connectivity index (χ4v) is 1.25. The van der Waals surface area contributed by atoms with Gasteiger partial charge in [-0.25, -0.2) is 9.28 Å². The highest BCUT2D eigenvalue weighted by molar-refractivity contribution is 5.64. The standard InChI is InChI=1S/C6H12N2O/c1-8(6(7)9)4-2-3-5-8/h2-5H2,1H3,(H-,7,9)/p+1. The van der Waals surface area contributed by atoms with E-state index in [9.17, 15) is 4.79 Å². The van der Waals surface area contributed by atoms with E-state index < -0.39 is 0 Å². The van der Waals surface area contributed by atoms with Crippen LogP contribution >= 0.6 is 0 Å². The molecule has 1 heterocycles. The van der Waals surface area contributed by atoms with Gasteiger partial charge in [-0.15, -0.1) is 0 Å². The van der Waals surface area contributed by atoms with Gasteiger partial charge in [-0.3, -0.25) is 0 Å². The van der Waals surface area contributed by atoms with E-state index in [4.69, 9.17) is 5.73 Å². The minimum absolute atomic E-state index is 0.187. The van der Waals surface area contributed by atoms with Crippen LogP contribution in [0.25, 0.3) is 0 Å². The zero-order valence-corrected chi connectivity index (χ0v) is 5.76. The Balaban J connectivity index is 2.61. The third-order valence-electron chi connectivity index (χ3n) is 2.09. The molecule has 0 unspecified atom stereocenters. The van der Waals surface area contributed by atoms with E-state index in [1.165, 1.54) is 0 Å². The van der Waals surface area contributed by atoms with Gasteiger partial charge in [-0.2, -0.15) is 0 Å². The number of rotatable bonds is 0. The molecule has 2 amide bonds. The Morgan fingerprint density at radius 2 is 1.89 bits per heavy atom. The Labute approximate surface area is 55.0 Å². The molecular weight excluding hydrogens is 116 g/mol. The molecule has 0 spiro atoms. The van der Waals surface area contributed by atoms with Crippen molar-refractivity contribution in [2.45, 2.75) is 12.8 Å². The molecule has 1 saturated heterocycles. The lowest BCUT2D eigenvalue weighted by Gasteiger charge is -2.22. The summed E-state index contributed by atoms with van der Waals surface area (Å²) in [5.74, 6) is 0. The molecule has 1 rings (SSSR count). The highest BCUT2D eigenvalue weighted by Gasteiger charge is 2.32. The predicted octanol–water partition coefficient (Wildman–Crippen LogP) is 0.306. The number of quaternary nitrogens is 1. The van der Waals surface area contributed by atoms with Gasteiger partial charge in [-0.05, 0) is 0 Å². The van der Waals surface area contributed by atoms with E-state index in [1.54, 1.807) is 0 Å². The maximum Gasteiger partial charge on any atom is 0.413 e. The van der Waals surface area contributed by atoms with Crippen LogP contribution in [0.15, 0.2) is 0 Å². The largest absolute Gasteiger partial charge is 0.413 e. The molecule has 3 heteroatoms. The van der Waals surface area contributed by atoms with Gasteiger partial charge in [0.2, 0.25) is 0 Å². The predicted molar refractivity (Wildman–Crippen MR) is 34.7 cm³/mol. The van der Waals surface area contributed by atoms with Crippen LogP contribution in [0.2, 0.25) is 0 Å². The summed E-state index contributed by atoms with van der Waals surface area (Å²) in [5.41, 5.74) is 5.17. The second-order valence-corrected chi connectivity index (χ2v) is 2.89. The van der Waals surface area contributed by atoms with Crippen LogP contribution in [0.4, 0.5) is 4.79 Å². The average Bonchev–Trinajstić information content (AvgIpc) is 2.16. The lowest BCUT2D eigenvalue weighted by Crippen LogP contribution is -2.49.